The predicted octanol–water partition coefficient (Wildman–Crippen LogP) is 7.45. The number of nitrogens with one attached hydrogen (secondary N) is 1. The number of halogens is 1. The van der Waals surface area contributed by atoms with Crippen molar-refractivity contribution in [1.82, 2.24) is 0 Å². The maximum absolute atomic E-state index is 12.8. The minimum absolute atomic E-state index is 0.104. The first kappa shape index (κ1) is 29.1. The summed E-state index contributed by atoms with van der Waals surface area (Å²) in [5.74, 6) is 1.79. The van der Waals surface area contributed by atoms with Crippen molar-refractivity contribution in [2.24, 2.45) is 0 Å². The quantitative estimate of drug-likeness (QED) is 0.141. The number of benzene rings is 4. The number of amides is 1. The number of carbonyl (C=O) groups excluding carboxylic acids is 1. The second kappa shape index (κ2) is 14.5. The molecule has 0 aliphatic carbocycles. The molecule has 0 aromatic heterocycles. The summed E-state index contributed by atoms with van der Waals surface area (Å²) in [6.07, 6.45) is 1.45. The average molecular weight is 569 g/mol. The Hall–Kier alpha value is -4.93. The van der Waals surface area contributed by atoms with Gasteiger partial charge in [-0.05, 0) is 78.7 Å². The van der Waals surface area contributed by atoms with Gasteiger partial charge in [0.1, 0.15) is 36.4 Å². The van der Waals surface area contributed by atoms with E-state index in [9.17, 15) is 10.1 Å². The van der Waals surface area contributed by atoms with Crippen LogP contribution >= 0.6 is 11.6 Å². The average Bonchev–Trinajstić information content (AvgIpc) is 3.00. The third-order valence-corrected chi connectivity index (χ3v) is 6.15. The van der Waals surface area contributed by atoms with Crippen LogP contribution in [-0.4, -0.2) is 19.6 Å². The van der Waals surface area contributed by atoms with Crippen molar-refractivity contribution in [3.05, 3.63) is 118 Å². The molecule has 0 saturated carbocycles. The SMILES string of the molecule is CCOc1ccc(NC(=O)/C(C#N)=C/c2cc(Cl)ccc2OCc2ccc(OCc3ccccc3)c(OC)c2)cc1. The van der Waals surface area contributed by atoms with Crippen LogP contribution in [0.5, 0.6) is 23.0 Å². The Balaban J connectivity index is 1.46. The molecule has 0 aliphatic rings. The van der Waals surface area contributed by atoms with Gasteiger partial charge in [0.25, 0.3) is 5.91 Å². The van der Waals surface area contributed by atoms with E-state index in [2.05, 4.69) is 5.32 Å². The van der Waals surface area contributed by atoms with E-state index in [1.807, 2.05) is 61.5 Å². The Kier molecular flexibility index (Phi) is 10.2. The van der Waals surface area contributed by atoms with Crippen molar-refractivity contribution in [3.63, 3.8) is 0 Å². The van der Waals surface area contributed by atoms with Crippen LogP contribution in [0.25, 0.3) is 6.08 Å². The van der Waals surface area contributed by atoms with Gasteiger partial charge in [0.05, 0.1) is 13.7 Å². The minimum atomic E-state index is -0.557. The van der Waals surface area contributed by atoms with Crippen LogP contribution in [-0.2, 0) is 18.0 Å². The molecule has 4 aromatic carbocycles. The van der Waals surface area contributed by atoms with Crippen molar-refractivity contribution in [2.45, 2.75) is 20.1 Å². The lowest BCUT2D eigenvalue weighted by molar-refractivity contribution is -0.112. The summed E-state index contributed by atoms with van der Waals surface area (Å²) < 4.78 is 23.0. The van der Waals surface area contributed by atoms with Crippen molar-refractivity contribution in [3.8, 4) is 29.1 Å². The van der Waals surface area contributed by atoms with Gasteiger partial charge in [0.15, 0.2) is 11.5 Å². The van der Waals surface area contributed by atoms with E-state index in [-0.39, 0.29) is 12.2 Å². The zero-order valence-electron chi connectivity index (χ0n) is 22.7. The summed E-state index contributed by atoms with van der Waals surface area (Å²) in [5.41, 5.74) is 2.81. The Bertz CT molecular complexity index is 1550. The van der Waals surface area contributed by atoms with Crippen molar-refractivity contribution < 1.29 is 23.7 Å². The fraction of sp³-hybridized carbons (Fsp3) is 0.152. The molecule has 0 atom stereocenters. The molecule has 8 heteroatoms. The third kappa shape index (κ3) is 8.28. The number of methoxy groups -OCH3 is 1. The lowest BCUT2D eigenvalue weighted by Gasteiger charge is -2.14. The van der Waals surface area contributed by atoms with Crippen LogP contribution in [0.4, 0.5) is 5.69 Å². The molecule has 0 bridgehead atoms. The van der Waals surface area contributed by atoms with Gasteiger partial charge in [-0.3, -0.25) is 4.79 Å². The highest BCUT2D eigenvalue weighted by molar-refractivity contribution is 6.30. The van der Waals surface area contributed by atoms with Gasteiger partial charge in [-0.1, -0.05) is 48.0 Å². The first-order chi connectivity index (χ1) is 20.0. The number of nitriles is 1. The molecule has 41 heavy (non-hydrogen) atoms. The van der Waals surface area contributed by atoms with Crippen LogP contribution in [0.15, 0.2) is 96.6 Å². The number of rotatable bonds is 12. The molecule has 0 heterocycles. The monoisotopic (exact) mass is 568 g/mol. The summed E-state index contributed by atoms with van der Waals surface area (Å²) in [6.45, 7) is 3.06. The molecular formula is C33H29ClN2O5. The number of hydrogen-bond donors (Lipinski definition) is 1. The lowest BCUT2D eigenvalue weighted by atomic mass is 10.1. The highest BCUT2D eigenvalue weighted by Crippen LogP contribution is 2.31. The third-order valence-electron chi connectivity index (χ3n) is 5.92. The molecule has 7 nitrogen and oxygen atoms in total. The summed E-state index contributed by atoms with van der Waals surface area (Å²) in [6, 6.07) is 29.3. The molecule has 0 unspecified atom stereocenters. The Morgan fingerprint density at radius 2 is 1.56 bits per heavy atom. The molecule has 4 aromatic rings. The molecule has 1 amide bonds. The van der Waals surface area contributed by atoms with Gasteiger partial charge >= 0.3 is 0 Å². The Morgan fingerprint density at radius 3 is 2.27 bits per heavy atom. The van der Waals surface area contributed by atoms with Crippen molar-refractivity contribution in [2.75, 3.05) is 19.0 Å². The number of hydrogen-bond acceptors (Lipinski definition) is 6. The van der Waals surface area contributed by atoms with Gasteiger partial charge in [0.2, 0.25) is 0 Å². The normalized spacial score (nSPS) is 10.8. The highest BCUT2D eigenvalue weighted by atomic mass is 35.5. The van der Waals surface area contributed by atoms with E-state index in [1.165, 1.54) is 6.08 Å². The molecular weight excluding hydrogens is 540 g/mol. The van der Waals surface area contributed by atoms with E-state index in [0.717, 1.165) is 11.1 Å². The van der Waals surface area contributed by atoms with Gasteiger partial charge < -0.3 is 24.3 Å². The maximum atomic E-state index is 12.8. The van der Waals surface area contributed by atoms with E-state index in [0.29, 0.717) is 52.5 Å². The lowest BCUT2D eigenvalue weighted by Crippen LogP contribution is -2.13. The number of nitrogens with zero attached hydrogens (tertiary/aromatic N) is 1. The number of ether oxygens (including phenoxy) is 4. The minimum Gasteiger partial charge on any atom is -0.494 e. The molecule has 0 fully saturated rings. The second-order valence-electron chi connectivity index (χ2n) is 8.81. The fourth-order valence-corrected chi connectivity index (χ4v) is 4.07. The Labute approximate surface area is 244 Å². The maximum Gasteiger partial charge on any atom is 0.266 e. The first-order valence-electron chi connectivity index (χ1n) is 12.9. The molecule has 208 valence electrons. The summed E-state index contributed by atoms with van der Waals surface area (Å²) >= 11 is 6.23. The number of anilines is 1. The van der Waals surface area contributed by atoms with Gasteiger partial charge in [0, 0.05) is 16.3 Å². The summed E-state index contributed by atoms with van der Waals surface area (Å²) in [4.78, 5) is 12.8. The Morgan fingerprint density at radius 1 is 0.854 bits per heavy atom. The standard InChI is InChI=1S/C33H29ClN2O5/c1-3-39-29-13-11-28(12-14-29)36-33(37)26(20-35)18-25-19-27(34)10-16-30(25)40-22-24-9-15-31(32(17-24)38-2)41-21-23-7-5-4-6-8-23/h4-19H,3,21-22H2,1-2H3,(H,36,37)/b26-18+. The van der Waals surface area contributed by atoms with Crippen LogP contribution in [0.2, 0.25) is 5.02 Å². The number of carbonyl (C=O) groups is 1. The molecule has 0 aliphatic heterocycles. The first-order valence-corrected chi connectivity index (χ1v) is 13.3. The van der Waals surface area contributed by atoms with Gasteiger partial charge in [-0.2, -0.15) is 5.26 Å². The zero-order chi connectivity index (χ0) is 29.0. The molecule has 0 spiro atoms. The van der Waals surface area contributed by atoms with E-state index >= 15 is 0 Å². The zero-order valence-corrected chi connectivity index (χ0v) is 23.5. The van der Waals surface area contributed by atoms with Crippen LogP contribution in [0.1, 0.15) is 23.6 Å². The summed E-state index contributed by atoms with van der Waals surface area (Å²) in [7, 11) is 1.58. The molecule has 0 saturated heterocycles. The van der Waals surface area contributed by atoms with Crippen molar-refractivity contribution in [1.29, 1.82) is 5.26 Å². The smallest absolute Gasteiger partial charge is 0.266 e. The van der Waals surface area contributed by atoms with Gasteiger partial charge in [-0.25, -0.2) is 0 Å². The molecule has 0 radical (unpaired) electrons. The van der Waals surface area contributed by atoms with E-state index in [4.69, 9.17) is 30.5 Å². The fourth-order valence-electron chi connectivity index (χ4n) is 3.88. The highest BCUT2D eigenvalue weighted by Gasteiger charge is 2.13. The van der Waals surface area contributed by atoms with Crippen LogP contribution in [0.3, 0.4) is 0 Å². The van der Waals surface area contributed by atoms with E-state index in [1.54, 1.807) is 49.6 Å². The second-order valence-corrected chi connectivity index (χ2v) is 9.25. The van der Waals surface area contributed by atoms with E-state index < -0.39 is 5.91 Å². The largest absolute Gasteiger partial charge is 0.494 e. The van der Waals surface area contributed by atoms with Crippen molar-refractivity contribution >= 4 is 29.3 Å². The predicted molar refractivity (Wildman–Crippen MR) is 159 cm³/mol. The summed E-state index contributed by atoms with van der Waals surface area (Å²) in [5, 5.41) is 12.9. The van der Waals surface area contributed by atoms with Gasteiger partial charge in [-0.15, -0.1) is 0 Å². The van der Waals surface area contributed by atoms with Crippen LogP contribution < -0.4 is 24.3 Å². The molecule has 1 N–H and O–H groups in total. The molecule has 4 rings (SSSR count). The topological polar surface area (TPSA) is 89.8 Å². The van der Waals surface area contributed by atoms with Crippen LogP contribution in [0, 0.1) is 11.3 Å².